The number of hydrogen-bond donors (Lipinski definition) is 1. The highest BCUT2D eigenvalue weighted by atomic mass is 16.3. The van der Waals surface area contributed by atoms with Gasteiger partial charge in [-0.05, 0) is 6.42 Å². The molecule has 15 heavy (non-hydrogen) atoms. The molecule has 0 amide bonds. The minimum atomic E-state index is -0.348. The molecular formula is C12H22N2O. The summed E-state index contributed by atoms with van der Waals surface area (Å²) in [5.74, 6) is 0. The van der Waals surface area contributed by atoms with Crippen LogP contribution in [-0.2, 0) is 7.05 Å². The fourth-order valence-electron chi connectivity index (χ4n) is 1.78. The number of aromatic nitrogens is 2. The standard InChI is InChI=1S/C12H22N2O/c1-3-4-5-6-7-8-12(15)11-9-13-10-14(11)2/h9-10,12,15H,3-8H2,1-2H3. The van der Waals surface area contributed by atoms with Crippen LogP contribution in [0.5, 0.6) is 0 Å². The molecule has 0 spiro atoms. The quantitative estimate of drug-likeness (QED) is 0.703. The molecule has 0 aliphatic heterocycles. The van der Waals surface area contributed by atoms with Crippen molar-refractivity contribution in [1.82, 2.24) is 9.55 Å². The van der Waals surface area contributed by atoms with Gasteiger partial charge in [0.2, 0.25) is 0 Å². The predicted molar refractivity (Wildman–Crippen MR) is 61.5 cm³/mol. The summed E-state index contributed by atoms with van der Waals surface area (Å²) in [6.07, 6.45) is 10.2. The zero-order valence-electron chi connectivity index (χ0n) is 9.82. The number of hydrogen-bond acceptors (Lipinski definition) is 2. The fraction of sp³-hybridized carbons (Fsp3) is 0.750. The summed E-state index contributed by atoms with van der Waals surface area (Å²) in [6, 6.07) is 0. The second kappa shape index (κ2) is 6.62. The zero-order chi connectivity index (χ0) is 11.1. The Kier molecular flexibility index (Phi) is 5.40. The molecule has 0 saturated carbocycles. The highest BCUT2D eigenvalue weighted by molar-refractivity contribution is 5.01. The first kappa shape index (κ1) is 12.2. The van der Waals surface area contributed by atoms with E-state index in [1.807, 2.05) is 11.6 Å². The first-order chi connectivity index (χ1) is 7.25. The maximum Gasteiger partial charge on any atom is 0.0955 e. The van der Waals surface area contributed by atoms with Gasteiger partial charge in [0, 0.05) is 7.05 Å². The van der Waals surface area contributed by atoms with Gasteiger partial charge in [0.1, 0.15) is 0 Å². The molecule has 1 aromatic rings. The van der Waals surface area contributed by atoms with Gasteiger partial charge in [-0.3, -0.25) is 0 Å². The molecule has 0 saturated heterocycles. The van der Waals surface area contributed by atoms with Gasteiger partial charge in [-0.25, -0.2) is 4.98 Å². The van der Waals surface area contributed by atoms with Crippen LogP contribution in [0.3, 0.4) is 0 Å². The molecule has 0 radical (unpaired) electrons. The zero-order valence-corrected chi connectivity index (χ0v) is 9.82. The molecule has 0 bridgehead atoms. The van der Waals surface area contributed by atoms with Crippen molar-refractivity contribution in [3.63, 3.8) is 0 Å². The summed E-state index contributed by atoms with van der Waals surface area (Å²) in [6.45, 7) is 2.21. The van der Waals surface area contributed by atoms with E-state index in [0.717, 1.165) is 18.5 Å². The normalized spacial score (nSPS) is 13.0. The van der Waals surface area contributed by atoms with Gasteiger partial charge in [0.15, 0.2) is 0 Å². The van der Waals surface area contributed by atoms with Gasteiger partial charge in [-0.15, -0.1) is 0 Å². The van der Waals surface area contributed by atoms with Crippen molar-refractivity contribution in [2.75, 3.05) is 0 Å². The fourth-order valence-corrected chi connectivity index (χ4v) is 1.78. The Hall–Kier alpha value is -0.830. The summed E-state index contributed by atoms with van der Waals surface area (Å²) in [4.78, 5) is 4.00. The number of aliphatic hydroxyl groups is 1. The third kappa shape index (κ3) is 4.04. The lowest BCUT2D eigenvalue weighted by atomic mass is 10.1. The van der Waals surface area contributed by atoms with E-state index in [1.54, 1.807) is 12.5 Å². The Morgan fingerprint density at radius 2 is 2.07 bits per heavy atom. The molecule has 1 aromatic heterocycles. The maximum atomic E-state index is 9.89. The smallest absolute Gasteiger partial charge is 0.0955 e. The summed E-state index contributed by atoms with van der Waals surface area (Å²) >= 11 is 0. The van der Waals surface area contributed by atoms with E-state index in [9.17, 15) is 5.11 Å². The van der Waals surface area contributed by atoms with Crippen molar-refractivity contribution in [1.29, 1.82) is 0 Å². The van der Waals surface area contributed by atoms with E-state index in [0.29, 0.717) is 0 Å². The Balaban J connectivity index is 2.19. The van der Waals surface area contributed by atoms with Crippen molar-refractivity contribution in [3.05, 3.63) is 18.2 Å². The Morgan fingerprint density at radius 3 is 2.67 bits per heavy atom. The van der Waals surface area contributed by atoms with Crippen LogP contribution >= 0.6 is 0 Å². The third-order valence-corrected chi connectivity index (χ3v) is 2.78. The molecule has 0 aliphatic rings. The van der Waals surface area contributed by atoms with E-state index in [2.05, 4.69) is 11.9 Å². The largest absolute Gasteiger partial charge is 0.387 e. The lowest BCUT2D eigenvalue weighted by Gasteiger charge is -2.10. The van der Waals surface area contributed by atoms with Crippen LogP contribution in [0.2, 0.25) is 0 Å². The monoisotopic (exact) mass is 210 g/mol. The topological polar surface area (TPSA) is 38.1 Å². The predicted octanol–water partition coefficient (Wildman–Crippen LogP) is 2.81. The Labute approximate surface area is 92.1 Å². The van der Waals surface area contributed by atoms with Crippen LogP contribution in [0.25, 0.3) is 0 Å². The number of imidazole rings is 1. The van der Waals surface area contributed by atoms with E-state index in [-0.39, 0.29) is 6.10 Å². The first-order valence-electron chi connectivity index (χ1n) is 5.90. The van der Waals surface area contributed by atoms with Crippen LogP contribution in [-0.4, -0.2) is 14.7 Å². The second-order valence-corrected chi connectivity index (χ2v) is 4.15. The number of unbranched alkanes of at least 4 members (excludes halogenated alkanes) is 4. The van der Waals surface area contributed by atoms with Crippen LogP contribution in [0.1, 0.15) is 57.2 Å². The van der Waals surface area contributed by atoms with Gasteiger partial charge in [-0.1, -0.05) is 39.0 Å². The molecule has 1 heterocycles. The molecule has 0 aliphatic carbocycles. The molecule has 1 rings (SSSR count). The minimum absolute atomic E-state index is 0.348. The van der Waals surface area contributed by atoms with Crippen molar-refractivity contribution >= 4 is 0 Å². The average Bonchev–Trinajstić information content (AvgIpc) is 2.64. The molecular weight excluding hydrogens is 188 g/mol. The van der Waals surface area contributed by atoms with Crippen LogP contribution in [0.4, 0.5) is 0 Å². The van der Waals surface area contributed by atoms with Crippen LogP contribution in [0, 0.1) is 0 Å². The highest BCUT2D eigenvalue weighted by Crippen LogP contribution is 2.18. The summed E-state index contributed by atoms with van der Waals surface area (Å²) in [5.41, 5.74) is 0.922. The van der Waals surface area contributed by atoms with E-state index >= 15 is 0 Å². The SMILES string of the molecule is CCCCCCCC(O)c1cncn1C. The van der Waals surface area contributed by atoms with E-state index < -0.39 is 0 Å². The lowest BCUT2D eigenvalue weighted by molar-refractivity contribution is 0.155. The molecule has 1 unspecified atom stereocenters. The number of rotatable bonds is 7. The second-order valence-electron chi connectivity index (χ2n) is 4.15. The van der Waals surface area contributed by atoms with Crippen molar-refractivity contribution < 1.29 is 5.11 Å². The molecule has 3 heteroatoms. The molecule has 1 N–H and O–H groups in total. The van der Waals surface area contributed by atoms with Gasteiger partial charge < -0.3 is 9.67 Å². The van der Waals surface area contributed by atoms with Crippen molar-refractivity contribution in [3.8, 4) is 0 Å². The minimum Gasteiger partial charge on any atom is -0.387 e. The van der Waals surface area contributed by atoms with Crippen LogP contribution < -0.4 is 0 Å². The summed E-state index contributed by atoms with van der Waals surface area (Å²) in [5, 5.41) is 9.89. The Morgan fingerprint density at radius 1 is 1.33 bits per heavy atom. The molecule has 0 fully saturated rings. The third-order valence-electron chi connectivity index (χ3n) is 2.78. The summed E-state index contributed by atoms with van der Waals surface area (Å²) < 4.78 is 1.89. The van der Waals surface area contributed by atoms with Gasteiger partial charge in [-0.2, -0.15) is 0 Å². The Bertz CT molecular complexity index is 270. The van der Waals surface area contributed by atoms with Crippen molar-refractivity contribution in [2.24, 2.45) is 7.05 Å². The molecule has 3 nitrogen and oxygen atoms in total. The first-order valence-corrected chi connectivity index (χ1v) is 5.90. The number of aliphatic hydroxyl groups excluding tert-OH is 1. The van der Waals surface area contributed by atoms with Gasteiger partial charge in [0.25, 0.3) is 0 Å². The van der Waals surface area contributed by atoms with Crippen LogP contribution in [0.15, 0.2) is 12.5 Å². The maximum absolute atomic E-state index is 9.89. The van der Waals surface area contributed by atoms with Gasteiger partial charge >= 0.3 is 0 Å². The number of aryl methyl sites for hydroxylation is 1. The molecule has 0 aromatic carbocycles. The van der Waals surface area contributed by atoms with E-state index in [1.165, 1.54) is 25.7 Å². The van der Waals surface area contributed by atoms with E-state index in [4.69, 9.17) is 0 Å². The molecule has 1 atom stereocenters. The van der Waals surface area contributed by atoms with Crippen molar-refractivity contribution in [2.45, 2.75) is 51.6 Å². The lowest BCUT2D eigenvalue weighted by Crippen LogP contribution is -2.03. The summed E-state index contributed by atoms with van der Waals surface area (Å²) in [7, 11) is 1.92. The highest BCUT2D eigenvalue weighted by Gasteiger charge is 2.10. The number of nitrogens with zero attached hydrogens (tertiary/aromatic N) is 2. The van der Waals surface area contributed by atoms with Gasteiger partial charge in [0.05, 0.1) is 24.3 Å². The average molecular weight is 210 g/mol. The molecule has 86 valence electrons.